The number of rotatable bonds is 7. The summed E-state index contributed by atoms with van der Waals surface area (Å²) in [5, 5.41) is 60.7. The van der Waals surface area contributed by atoms with Crippen molar-refractivity contribution in [1.82, 2.24) is 0 Å². The molecule has 1 saturated heterocycles. The van der Waals surface area contributed by atoms with Crippen LogP contribution in [0.2, 0.25) is 0 Å². The summed E-state index contributed by atoms with van der Waals surface area (Å²) < 4.78 is 27.2. The van der Waals surface area contributed by atoms with Crippen molar-refractivity contribution >= 4 is 18.0 Å². The van der Waals surface area contributed by atoms with Gasteiger partial charge in [0.2, 0.25) is 6.29 Å². The number of aromatic hydroxyl groups is 1. The fourth-order valence-corrected chi connectivity index (χ4v) is 5.23. The van der Waals surface area contributed by atoms with Crippen LogP contribution in [0.1, 0.15) is 18.9 Å². The van der Waals surface area contributed by atoms with Gasteiger partial charge < -0.3 is 54.3 Å². The van der Waals surface area contributed by atoms with Gasteiger partial charge in [-0.1, -0.05) is 12.1 Å². The molecule has 1 aromatic carbocycles. The molecule has 214 valence electrons. The Hall–Kier alpha value is -3.04. The van der Waals surface area contributed by atoms with Gasteiger partial charge in [-0.25, -0.2) is 9.59 Å². The SMILES string of the molecule is COC(=O)C1=COC(OC2OC(CO)C(O)C(O)C2O)[C@@H]2[C@H]1C(OC(=O)C=Cc1ccc(O)cc1)C[C@]2(C)O. The number of hydrogen-bond donors (Lipinski definition) is 6. The molecule has 3 aliphatic rings. The lowest BCUT2D eigenvalue weighted by Gasteiger charge is -2.44. The molecule has 0 bridgehead atoms. The van der Waals surface area contributed by atoms with Crippen molar-refractivity contribution in [1.29, 1.82) is 0 Å². The molecule has 7 unspecified atom stereocenters. The van der Waals surface area contributed by atoms with Gasteiger partial charge in [0, 0.05) is 18.4 Å². The maximum Gasteiger partial charge on any atom is 0.337 e. The van der Waals surface area contributed by atoms with Crippen LogP contribution in [0.5, 0.6) is 5.75 Å². The summed E-state index contributed by atoms with van der Waals surface area (Å²) in [7, 11) is 1.16. The highest BCUT2D eigenvalue weighted by Crippen LogP contribution is 2.51. The normalized spacial score (nSPS) is 38.0. The molecule has 4 rings (SSSR count). The van der Waals surface area contributed by atoms with E-state index in [1.807, 2.05) is 0 Å². The van der Waals surface area contributed by atoms with Gasteiger partial charge in [0.1, 0.15) is 36.3 Å². The van der Waals surface area contributed by atoms with Gasteiger partial charge in [0.05, 0.1) is 37.1 Å². The Morgan fingerprint density at radius 3 is 2.44 bits per heavy atom. The van der Waals surface area contributed by atoms with Gasteiger partial charge in [0.25, 0.3) is 0 Å². The Bertz CT molecular complexity index is 1100. The van der Waals surface area contributed by atoms with Crippen LogP contribution in [0, 0.1) is 11.8 Å². The van der Waals surface area contributed by atoms with Crippen LogP contribution < -0.4 is 0 Å². The van der Waals surface area contributed by atoms with E-state index in [9.17, 15) is 40.2 Å². The quantitative estimate of drug-likeness (QED) is 0.177. The average molecular weight is 553 g/mol. The lowest BCUT2D eigenvalue weighted by Crippen LogP contribution is -2.60. The molecule has 13 nitrogen and oxygen atoms in total. The number of benzene rings is 1. The minimum Gasteiger partial charge on any atom is -0.508 e. The lowest BCUT2D eigenvalue weighted by atomic mass is 9.80. The van der Waals surface area contributed by atoms with Crippen LogP contribution in [0.3, 0.4) is 0 Å². The van der Waals surface area contributed by atoms with Crippen LogP contribution >= 0.6 is 0 Å². The molecule has 13 heteroatoms. The zero-order chi connectivity index (χ0) is 28.5. The molecule has 6 N–H and O–H groups in total. The van der Waals surface area contributed by atoms with Gasteiger partial charge >= 0.3 is 11.9 Å². The number of fused-ring (bicyclic) bond motifs is 1. The summed E-state index contributed by atoms with van der Waals surface area (Å²) in [6.45, 7) is 0.764. The number of aliphatic hydroxyl groups excluding tert-OH is 4. The van der Waals surface area contributed by atoms with Crippen molar-refractivity contribution in [2.75, 3.05) is 13.7 Å². The molecule has 0 amide bonds. The molecule has 0 aromatic heterocycles. The second-order valence-electron chi connectivity index (χ2n) is 9.92. The third-order valence-electron chi connectivity index (χ3n) is 7.21. The number of carbonyl (C=O) groups is 2. The number of carbonyl (C=O) groups excluding carboxylic acids is 2. The molecule has 10 atom stereocenters. The van der Waals surface area contributed by atoms with Crippen molar-refractivity contribution in [2.24, 2.45) is 11.8 Å². The molecular formula is C26H32O13. The number of methoxy groups -OCH3 is 1. The highest BCUT2D eigenvalue weighted by atomic mass is 16.8. The first-order valence-corrected chi connectivity index (χ1v) is 12.3. The first kappa shape index (κ1) is 29.0. The Morgan fingerprint density at radius 1 is 1.10 bits per heavy atom. The van der Waals surface area contributed by atoms with E-state index in [4.69, 9.17) is 23.7 Å². The highest BCUT2D eigenvalue weighted by molar-refractivity contribution is 5.90. The summed E-state index contributed by atoms with van der Waals surface area (Å²) in [5.41, 5.74) is -1.02. The molecule has 39 heavy (non-hydrogen) atoms. The van der Waals surface area contributed by atoms with Gasteiger partial charge in [-0.3, -0.25) is 0 Å². The van der Waals surface area contributed by atoms with Crippen molar-refractivity contribution in [2.45, 2.75) is 62.0 Å². The first-order valence-electron chi connectivity index (χ1n) is 12.3. The molecule has 2 fully saturated rings. The van der Waals surface area contributed by atoms with E-state index in [2.05, 4.69) is 0 Å². The summed E-state index contributed by atoms with van der Waals surface area (Å²) in [5.74, 6) is -3.47. The van der Waals surface area contributed by atoms with Crippen LogP contribution in [0.25, 0.3) is 6.08 Å². The van der Waals surface area contributed by atoms with Crippen LogP contribution in [0.15, 0.2) is 42.2 Å². The summed E-state index contributed by atoms with van der Waals surface area (Å²) in [6, 6.07) is 6.09. The Balaban J connectivity index is 1.57. The van der Waals surface area contributed by atoms with Crippen LogP contribution in [-0.4, -0.2) is 105 Å². The third kappa shape index (κ3) is 5.94. The monoisotopic (exact) mass is 552 g/mol. The number of hydrogen-bond acceptors (Lipinski definition) is 13. The summed E-state index contributed by atoms with van der Waals surface area (Å²) in [6.07, 6.45) is -6.69. The maximum absolute atomic E-state index is 12.7. The molecule has 1 aromatic rings. The Kier molecular flexibility index (Phi) is 8.61. The zero-order valence-electron chi connectivity index (χ0n) is 21.2. The first-order chi connectivity index (χ1) is 18.5. The van der Waals surface area contributed by atoms with E-state index < -0.39 is 79.1 Å². The minimum absolute atomic E-state index is 0.0192. The second-order valence-corrected chi connectivity index (χ2v) is 9.92. The lowest BCUT2D eigenvalue weighted by molar-refractivity contribution is -0.346. The van der Waals surface area contributed by atoms with Gasteiger partial charge in [-0.05, 0) is 30.7 Å². The van der Waals surface area contributed by atoms with Crippen molar-refractivity contribution in [3.63, 3.8) is 0 Å². The number of esters is 2. The molecule has 1 saturated carbocycles. The summed E-state index contributed by atoms with van der Waals surface area (Å²) >= 11 is 0. The van der Waals surface area contributed by atoms with Crippen LogP contribution in [-0.2, 0) is 33.3 Å². The molecule has 2 aliphatic heterocycles. The number of phenols is 1. The molecule has 2 heterocycles. The predicted octanol–water partition coefficient (Wildman–Crippen LogP) is -1.07. The van der Waals surface area contributed by atoms with E-state index in [1.165, 1.54) is 25.1 Å². The van der Waals surface area contributed by atoms with E-state index in [-0.39, 0.29) is 17.7 Å². The molecule has 1 aliphatic carbocycles. The number of phenolic OH excluding ortho intramolecular Hbond substituents is 1. The second kappa shape index (κ2) is 11.6. The van der Waals surface area contributed by atoms with Gasteiger partial charge in [-0.2, -0.15) is 0 Å². The van der Waals surface area contributed by atoms with Crippen molar-refractivity contribution in [3.05, 3.63) is 47.7 Å². The molecular weight excluding hydrogens is 520 g/mol. The molecule has 0 spiro atoms. The van der Waals surface area contributed by atoms with Crippen LogP contribution in [0.4, 0.5) is 0 Å². The van der Waals surface area contributed by atoms with E-state index >= 15 is 0 Å². The van der Waals surface area contributed by atoms with Crippen molar-refractivity contribution in [3.8, 4) is 5.75 Å². The standard InChI is InChI=1S/C26H32O13/c1-26(34)9-15(37-17(29)8-5-12-3-6-13(28)7-4-12)18-14(23(33)35-2)11-36-24(19(18)26)39-25-22(32)21(31)20(30)16(10-27)38-25/h3-8,11,15-16,18-22,24-25,27-28,30-32,34H,9-10H2,1-2H3/t15?,16?,18-,19+,20?,21?,22?,24?,25?,26+/m1/s1. The fraction of sp³-hybridized carbons (Fsp3) is 0.538. The zero-order valence-corrected chi connectivity index (χ0v) is 21.2. The minimum atomic E-state index is -1.74. The Labute approximate surface area is 223 Å². The smallest absolute Gasteiger partial charge is 0.337 e. The highest BCUT2D eigenvalue weighted by Gasteiger charge is 2.61. The third-order valence-corrected chi connectivity index (χ3v) is 7.21. The molecule has 0 radical (unpaired) electrons. The Morgan fingerprint density at radius 2 is 1.79 bits per heavy atom. The number of aliphatic hydroxyl groups is 5. The average Bonchev–Trinajstić information content (AvgIpc) is 3.18. The number of ether oxygens (including phenoxy) is 5. The summed E-state index contributed by atoms with van der Waals surface area (Å²) in [4.78, 5) is 25.3. The van der Waals surface area contributed by atoms with Gasteiger partial charge in [-0.15, -0.1) is 0 Å². The predicted molar refractivity (Wildman–Crippen MR) is 129 cm³/mol. The topological polar surface area (TPSA) is 202 Å². The van der Waals surface area contributed by atoms with E-state index in [0.717, 1.165) is 19.4 Å². The van der Waals surface area contributed by atoms with E-state index in [1.54, 1.807) is 12.1 Å². The van der Waals surface area contributed by atoms with E-state index in [0.29, 0.717) is 5.56 Å². The fourth-order valence-electron chi connectivity index (χ4n) is 5.23. The largest absolute Gasteiger partial charge is 0.508 e. The maximum atomic E-state index is 12.7. The van der Waals surface area contributed by atoms with Crippen molar-refractivity contribution < 1.29 is 63.9 Å². The van der Waals surface area contributed by atoms with Gasteiger partial charge in [0.15, 0.2) is 6.29 Å².